The molecule has 0 bridgehead atoms. The fourth-order valence-corrected chi connectivity index (χ4v) is 3.70. The average Bonchev–Trinajstić information content (AvgIpc) is 2.67. The van der Waals surface area contributed by atoms with Crippen LogP contribution in [0.15, 0.2) is 40.9 Å². The lowest BCUT2D eigenvalue weighted by Gasteiger charge is -2.17. The molecule has 1 atom stereocenters. The van der Waals surface area contributed by atoms with Gasteiger partial charge in [-0.1, -0.05) is 28.1 Å². The molecule has 164 valence electrons. The van der Waals surface area contributed by atoms with Crippen LogP contribution in [-0.4, -0.2) is 30.4 Å². The van der Waals surface area contributed by atoms with Crippen molar-refractivity contribution in [2.45, 2.75) is 59.2 Å². The van der Waals surface area contributed by atoms with Crippen LogP contribution >= 0.6 is 15.9 Å². The maximum atomic E-state index is 11.9. The molecule has 6 heteroatoms. The van der Waals surface area contributed by atoms with Crippen LogP contribution in [0.2, 0.25) is 0 Å². The van der Waals surface area contributed by atoms with Gasteiger partial charge in [0.25, 0.3) is 0 Å². The Balaban J connectivity index is 2.10. The third-order valence-corrected chi connectivity index (χ3v) is 5.32. The summed E-state index contributed by atoms with van der Waals surface area (Å²) in [4.78, 5) is 11.9. The van der Waals surface area contributed by atoms with Crippen LogP contribution in [0.1, 0.15) is 45.2 Å². The maximum Gasteiger partial charge on any atom is 0.306 e. The van der Waals surface area contributed by atoms with E-state index in [2.05, 4.69) is 15.9 Å². The van der Waals surface area contributed by atoms with Gasteiger partial charge in [-0.2, -0.15) is 0 Å². The Morgan fingerprint density at radius 3 is 2.17 bits per heavy atom. The summed E-state index contributed by atoms with van der Waals surface area (Å²) in [5.41, 5.74) is 1.98. The quantitative estimate of drug-likeness (QED) is 0.434. The van der Waals surface area contributed by atoms with E-state index in [9.17, 15) is 9.90 Å². The lowest BCUT2D eigenvalue weighted by molar-refractivity contribution is -0.141. The number of carbonyl (C=O) groups is 1. The molecule has 1 N–H and O–H groups in total. The molecule has 2 aromatic rings. The van der Waals surface area contributed by atoms with Gasteiger partial charge in [0.2, 0.25) is 0 Å². The van der Waals surface area contributed by atoms with Crippen molar-refractivity contribution >= 4 is 21.9 Å². The topological polar surface area (TPSA) is 65.0 Å². The van der Waals surface area contributed by atoms with E-state index in [4.69, 9.17) is 14.2 Å². The summed E-state index contributed by atoms with van der Waals surface area (Å²) in [6.45, 7) is 7.87. The van der Waals surface area contributed by atoms with Crippen LogP contribution < -0.4 is 14.2 Å². The number of benzene rings is 2. The van der Waals surface area contributed by atoms with Crippen molar-refractivity contribution in [1.82, 2.24) is 0 Å². The van der Waals surface area contributed by atoms with E-state index in [-0.39, 0.29) is 12.2 Å². The number of aryl methyl sites for hydroxylation is 1. The normalized spacial score (nSPS) is 12.1. The third-order valence-electron chi connectivity index (χ3n) is 4.58. The van der Waals surface area contributed by atoms with Gasteiger partial charge in [-0.25, -0.2) is 0 Å². The lowest BCUT2D eigenvalue weighted by atomic mass is 9.93. The van der Waals surface area contributed by atoms with Gasteiger partial charge >= 0.3 is 5.97 Å². The van der Waals surface area contributed by atoms with Crippen molar-refractivity contribution in [3.8, 4) is 17.2 Å². The zero-order valence-corrected chi connectivity index (χ0v) is 19.9. The largest absolute Gasteiger partial charge is 0.493 e. The van der Waals surface area contributed by atoms with Gasteiger partial charge in [0.05, 0.1) is 25.2 Å². The SMILES string of the molecule is COc1cc(Br)c(CCC(Cc2ccc(OC(C)C)cc2)C(=O)O)cc1OC(C)C. The van der Waals surface area contributed by atoms with E-state index in [0.29, 0.717) is 30.8 Å². The van der Waals surface area contributed by atoms with Crippen LogP contribution in [0.5, 0.6) is 17.2 Å². The first-order chi connectivity index (χ1) is 14.2. The van der Waals surface area contributed by atoms with Crippen molar-refractivity contribution < 1.29 is 24.1 Å². The van der Waals surface area contributed by atoms with Crippen molar-refractivity contribution in [2.75, 3.05) is 7.11 Å². The fraction of sp³-hybridized carbons (Fsp3) is 0.458. The molecule has 5 nitrogen and oxygen atoms in total. The lowest BCUT2D eigenvalue weighted by Crippen LogP contribution is -2.17. The van der Waals surface area contributed by atoms with Crippen LogP contribution in [0.3, 0.4) is 0 Å². The van der Waals surface area contributed by atoms with Crippen molar-refractivity contribution in [3.05, 3.63) is 52.0 Å². The second-order valence-corrected chi connectivity index (χ2v) is 8.70. The minimum Gasteiger partial charge on any atom is -0.493 e. The molecule has 30 heavy (non-hydrogen) atoms. The molecule has 0 radical (unpaired) electrons. The highest BCUT2D eigenvalue weighted by Crippen LogP contribution is 2.35. The first kappa shape index (κ1) is 24.1. The molecule has 2 aromatic carbocycles. The van der Waals surface area contributed by atoms with Crippen LogP contribution in [0.25, 0.3) is 0 Å². The van der Waals surface area contributed by atoms with Gasteiger partial charge in [0.1, 0.15) is 5.75 Å². The van der Waals surface area contributed by atoms with Gasteiger partial charge < -0.3 is 19.3 Å². The molecule has 0 fully saturated rings. The second kappa shape index (κ2) is 11.3. The Morgan fingerprint density at radius 2 is 1.63 bits per heavy atom. The summed E-state index contributed by atoms with van der Waals surface area (Å²) in [6.07, 6.45) is 1.73. The Hall–Kier alpha value is -2.21. The maximum absolute atomic E-state index is 11.9. The van der Waals surface area contributed by atoms with E-state index in [1.807, 2.05) is 64.1 Å². The molecule has 2 rings (SSSR count). The summed E-state index contributed by atoms with van der Waals surface area (Å²) in [7, 11) is 1.60. The molecule has 0 saturated carbocycles. The van der Waals surface area contributed by atoms with Crippen LogP contribution in [0, 0.1) is 5.92 Å². The average molecular weight is 479 g/mol. The van der Waals surface area contributed by atoms with Gasteiger partial charge in [0, 0.05) is 4.47 Å². The molecular weight excluding hydrogens is 448 g/mol. The first-order valence-corrected chi connectivity index (χ1v) is 11.0. The minimum atomic E-state index is -0.791. The van der Waals surface area contributed by atoms with Gasteiger partial charge in [0.15, 0.2) is 11.5 Å². The van der Waals surface area contributed by atoms with E-state index in [1.165, 1.54) is 0 Å². The molecule has 1 unspecified atom stereocenters. The van der Waals surface area contributed by atoms with E-state index < -0.39 is 11.9 Å². The van der Waals surface area contributed by atoms with Crippen LogP contribution in [-0.2, 0) is 17.6 Å². The summed E-state index contributed by atoms with van der Waals surface area (Å²) in [6, 6.07) is 11.5. The molecule has 0 aromatic heterocycles. The molecule has 0 aliphatic rings. The van der Waals surface area contributed by atoms with Crippen molar-refractivity contribution in [2.24, 2.45) is 5.92 Å². The first-order valence-electron chi connectivity index (χ1n) is 10.2. The molecule has 0 heterocycles. The Kier molecular flexibility index (Phi) is 9.03. The summed E-state index contributed by atoms with van der Waals surface area (Å²) in [5.74, 6) is 0.836. The minimum absolute atomic E-state index is 0.0161. The molecule has 0 aliphatic carbocycles. The predicted molar refractivity (Wildman–Crippen MR) is 122 cm³/mol. The Morgan fingerprint density at radius 1 is 1.00 bits per heavy atom. The predicted octanol–water partition coefficient (Wildman–Crippen LogP) is 5.91. The monoisotopic (exact) mass is 478 g/mol. The summed E-state index contributed by atoms with van der Waals surface area (Å²) in [5, 5.41) is 9.73. The number of ether oxygens (including phenoxy) is 3. The van der Waals surface area contributed by atoms with Gasteiger partial charge in [-0.15, -0.1) is 0 Å². The summed E-state index contributed by atoms with van der Waals surface area (Å²) < 4.78 is 17.8. The molecule has 0 amide bonds. The highest BCUT2D eigenvalue weighted by atomic mass is 79.9. The molecule has 0 spiro atoms. The smallest absolute Gasteiger partial charge is 0.306 e. The second-order valence-electron chi connectivity index (χ2n) is 7.85. The highest BCUT2D eigenvalue weighted by molar-refractivity contribution is 9.10. The number of carboxylic acid groups (broad SMARTS) is 1. The van der Waals surface area contributed by atoms with Crippen molar-refractivity contribution in [1.29, 1.82) is 0 Å². The number of halogens is 1. The summed E-state index contributed by atoms with van der Waals surface area (Å²) >= 11 is 3.57. The van der Waals surface area contributed by atoms with Gasteiger partial charge in [-0.3, -0.25) is 4.79 Å². The Labute approximate surface area is 187 Å². The van der Waals surface area contributed by atoms with Crippen LogP contribution in [0.4, 0.5) is 0 Å². The number of aliphatic carboxylic acids is 1. The zero-order valence-electron chi connectivity index (χ0n) is 18.3. The van der Waals surface area contributed by atoms with E-state index in [1.54, 1.807) is 7.11 Å². The van der Waals surface area contributed by atoms with E-state index >= 15 is 0 Å². The number of hydrogen-bond donors (Lipinski definition) is 1. The van der Waals surface area contributed by atoms with Crippen molar-refractivity contribution in [3.63, 3.8) is 0 Å². The number of hydrogen-bond acceptors (Lipinski definition) is 4. The van der Waals surface area contributed by atoms with Gasteiger partial charge in [-0.05, 0) is 82.3 Å². The highest BCUT2D eigenvalue weighted by Gasteiger charge is 2.20. The van der Waals surface area contributed by atoms with E-state index in [0.717, 1.165) is 21.3 Å². The standard InChI is InChI=1S/C24H31BrO5/c1-15(2)29-20-10-6-17(7-11-20)12-19(24(26)27)9-8-18-13-23(30-16(3)4)22(28-5)14-21(18)25/h6-7,10-11,13-16,19H,8-9,12H2,1-5H3,(H,26,27). The number of rotatable bonds is 11. The Bertz CT molecular complexity index is 830. The molecular formula is C24H31BrO5. The number of carboxylic acids is 1. The zero-order chi connectivity index (χ0) is 22.3. The number of methoxy groups -OCH3 is 1. The third kappa shape index (κ3) is 7.24. The fourth-order valence-electron chi connectivity index (χ4n) is 3.18. The molecule has 0 saturated heterocycles. The molecule has 0 aliphatic heterocycles.